The van der Waals surface area contributed by atoms with Crippen molar-refractivity contribution in [3.63, 3.8) is 0 Å². The molecular formula is C16H16F2N2O2. The number of aromatic nitrogens is 1. The number of benzene rings is 1. The van der Waals surface area contributed by atoms with E-state index in [0.717, 1.165) is 17.8 Å². The molecule has 2 atom stereocenters. The molecule has 1 saturated heterocycles. The van der Waals surface area contributed by atoms with Gasteiger partial charge in [0.25, 0.3) is 5.91 Å². The number of aryl methyl sites for hydroxylation is 1. The molecule has 6 heteroatoms. The molecule has 4 nitrogen and oxygen atoms in total. The molecular weight excluding hydrogens is 290 g/mol. The van der Waals surface area contributed by atoms with E-state index in [4.69, 9.17) is 0 Å². The highest BCUT2D eigenvalue weighted by atomic mass is 19.2. The Morgan fingerprint density at radius 3 is 2.73 bits per heavy atom. The SMILES string of the molecule is Cc1[nH]ccc1C(=O)N1C[C@@H](O)C[C@@H]1c1ccc(F)c(F)c1. The Balaban J connectivity index is 1.94. The second-order valence-electron chi connectivity index (χ2n) is 5.55. The van der Waals surface area contributed by atoms with Crippen LogP contribution in [-0.4, -0.2) is 33.5 Å². The third kappa shape index (κ3) is 2.50. The summed E-state index contributed by atoms with van der Waals surface area (Å²) in [6, 6.07) is 4.78. The predicted molar refractivity (Wildman–Crippen MR) is 76.3 cm³/mol. The Kier molecular flexibility index (Phi) is 3.70. The van der Waals surface area contributed by atoms with E-state index in [1.807, 2.05) is 0 Å². The Hall–Kier alpha value is -2.21. The molecule has 22 heavy (non-hydrogen) atoms. The fraction of sp³-hybridized carbons (Fsp3) is 0.312. The second-order valence-corrected chi connectivity index (χ2v) is 5.55. The zero-order chi connectivity index (χ0) is 15.9. The molecule has 2 aromatic rings. The maximum atomic E-state index is 13.4. The first-order valence-electron chi connectivity index (χ1n) is 7.05. The van der Waals surface area contributed by atoms with Gasteiger partial charge in [-0.1, -0.05) is 6.07 Å². The van der Waals surface area contributed by atoms with E-state index in [0.29, 0.717) is 17.5 Å². The van der Waals surface area contributed by atoms with Gasteiger partial charge in [-0.2, -0.15) is 0 Å². The molecule has 1 aliphatic rings. The smallest absolute Gasteiger partial charge is 0.256 e. The summed E-state index contributed by atoms with van der Waals surface area (Å²) in [4.78, 5) is 17.1. The molecule has 0 aliphatic carbocycles. The number of nitrogens with one attached hydrogen (secondary N) is 1. The summed E-state index contributed by atoms with van der Waals surface area (Å²) < 4.78 is 26.5. The van der Waals surface area contributed by atoms with E-state index in [1.165, 1.54) is 11.0 Å². The largest absolute Gasteiger partial charge is 0.391 e. The van der Waals surface area contributed by atoms with Gasteiger partial charge in [0, 0.05) is 18.4 Å². The minimum Gasteiger partial charge on any atom is -0.391 e. The van der Waals surface area contributed by atoms with Gasteiger partial charge in [0.1, 0.15) is 0 Å². The monoisotopic (exact) mass is 306 g/mol. The third-order valence-corrected chi connectivity index (χ3v) is 4.05. The number of H-pyrrole nitrogens is 1. The Bertz CT molecular complexity index is 714. The first-order chi connectivity index (χ1) is 10.5. The molecule has 0 spiro atoms. The molecule has 116 valence electrons. The average molecular weight is 306 g/mol. The number of β-amino-alcohol motifs (C(OH)–C–C–N with tert-alkyl or cyclic N) is 1. The number of carbonyl (C=O) groups is 1. The quantitative estimate of drug-likeness (QED) is 0.896. The maximum absolute atomic E-state index is 13.4. The highest BCUT2D eigenvalue weighted by Crippen LogP contribution is 2.34. The maximum Gasteiger partial charge on any atom is 0.256 e. The highest BCUT2D eigenvalue weighted by molar-refractivity contribution is 5.95. The van der Waals surface area contributed by atoms with Crippen LogP contribution in [-0.2, 0) is 0 Å². The number of amides is 1. The Morgan fingerprint density at radius 1 is 1.32 bits per heavy atom. The van der Waals surface area contributed by atoms with Gasteiger partial charge in [0.15, 0.2) is 11.6 Å². The predicted octanol–water partition coefficient (Wildman–Crippen LogP) is 2.55. The van der Waals surface area contributed by atoms with E-state index >= 15 is 0 Å². The van der Waals surface area contributed by atoms with Crippen molar-refractivity contribution in [2.75, 3.05) is 6.54 Å². The summed E-state index contributed by atoms with van der Waals surface area (Å²) in [6.07, 6.45) is 1.29. The van der Waals surface area contributed by atoms with Crippen molar-refractivity contribution >= 4 is 5.91 Å². The van der Waals surface area contributed by atoms with Crippen LogP contribution < -0.4 is 0 Å². The number of aliphatic hydroxyl groups is 1. The van der Waals surface area contributed by atoms with E-state index in [-0.39, 0.29) is 12.5 Å². The van der Waals surface area contributed by atoms with Gasteiger partial charge in [-0.25, -0.2) is 8.78 Å². The van der Waals surface area contributed by atoms with Crippen LogP contribution in [0, 0.1) is 18.6 Å². The van der Waals surface area contributed by atoms with Gasteiger partial charge in [0.05, 0.1) is 17.7 Å². The summed E-state index contributed by atoms with van der Waals surface area (Å²) in [5.41, 5.74) is 1.73. The minimum absolute atomic E-state index is 0.174. The van der Waals surface area contributed by atoms with E-state index in [9.17, 15) is 18.7 Å². The molecule has 2 N–H and O–H groups in total. The van der Waals surface area contributed by atoms with Crippen LogP contribution in [0.25, 0.3) is 0 Å². The molecule has 0 saturated carbocycles. The van der Waals surface area contributed by atoms with Crippen LogP contribution in [0.2, 0.25) is 0 Å². The summed E-state index contributed by atoms with van der Waals surface area (Å²) in [6.45, 7) is 1.96. The standard InChI is InChI=1S/C16H16F2N2O2/c1-9-12(4-5-19-9)16(22)20-8-11(21)7-15(20)10-2-3-13(17)14(18)6-10/h2-6,11,15,19,21H,7-8H2,1H3/t11-,15+/m0/s1. The molecule has 1 fully saturated rings. The number of likely N-dealkylation sites (tertiary alicyclic amines) is 1. The lowest BCUT2D eigenvalue weighted by molar-refractivity contribution is 0.0715. The molecule has 1 aliphatic heterocycles. The number of nitrogens with zero attached hydrogens (tertiary/aromatic N) is 1. The van der Waals surface area contributed by atoms with Gasteiger partial charge in [0.2, 0.25) is 0 Å². The van der Waals surface area contributed by atoms with Crippen molar-refractivity contribution < 1.29 is 18.7 Å². The lowest BCUT2D eigenvalue weighted by Crippen LogP contribution is -2.32. The van der Waals surface area contributed by atoms with Crippen LogP contribution in [0.4, 0.5) is 8.78 Å². The Labute approximate surface area is 126 Å². The van der Waals surface area contributed by atoms with Crippen molar-refractivity contribution in [2.24, 2.45) is 0 Å². The van der Waals surface area contributed by atoms with E-state index in [1.54, 1.807) is 19.2 Å². The molecule has 0 radical (unpaired) electrons. The zero-order valence-corrected chi connectivity index (χ0v) is 12.0. The minimum atomic E-state index is -0.955. The molecule has 0 unspecified atom stereocenters. The number of rotatable bonds is 2. The number of carbonyl (C=O) groups excluding carboxylic acids is 1. The van der Waals surface area contributed by atoms with Crippen molar-refractivity contribution in [2.45, 2.75) is 25.5 Å². The number of aromatic amines is 1. The van der Waals surface area contributed by atoms with Crippen LogP contribution >= 0.6 is 0 Å². The lowest BCUT2D eigenvalue weighted by Gasteiger charge is -2.25. The summed E-state index contributed by atoms with van der Waals surface area (Å²) in [5.74, 6) is -2.12. The molecule has 0 bridgehead atoms. The molecule has 1 amide bonds. The fourth-order valence-corrected chi connectivity index (χ4v) is 2.91. The van der Waals surface area contributed by atoms with Gasteiger partial charge in [-0.05, 0) is 37.1 Å². The van der Waals surface area contributed by atoms with Gasteiger partial charge in [-0.3, -0.25) is 4.79 Å². The second kappa shape index (κ2) is 5.53. The Morgan fingerprint density at radius 2 is 2.09 bits per heavy atom. The van der Waals surface area contributed by atoms with Crippen LogP contribution in [0.5, 0.6) is 0 Å². The normalized spacial score (nSPS) is 21.4. The van der Waals surface area contributed by atoms with Crippen molar-refractivity contribution in [1.82, 2.24) is 9.88 Å². The fourth-order valence-electron chi connectivity index (χ4n) is 2.91. The van der Waals surface area contributed by atoms with Gasteiger partial charge < -0.3 is 15.0 Å². The van der Waals surface area contributed by atoms with Crippen molar-refractivity contribution in [3.05, 3.63) is 58.9 Å². The average Bonchev–Trinajstić information content (AvgIpc) is 3.07. The van der Waals surface area contributed by atoms with E-state index < -0.39 is 23.8 Å². The van der Waals surface area contributed by atoms with Crippen LogP contribution in [0.3, 0.4) is 0 Å². The van der Waals surface area contributed by atoms with Crippen LogP contribution in [0.1, 0.15) is 34.1 Å². The summed E-state index contributed by atoms with van der Waals surface area (Å²) in [7, 11) is 0. The molecule has 2 heterocycles. The van der Waals surface area contributed by atoms with Crippen molar-refractivity contribution in [1.29, 1.82) is 0 Å². The van der Waals surface area contributed by atoms with Crippen LogP contribution in [0.15, 0.2) is 30.5 Å². The number of halogens is 2. The van der Waals surface area contributed by atoms with Gasteiger partial charge in [-0.15, -0.1) is 0 Å². The number of hydrogen-bond acceptors (Lipinski definition) is 2. The highest BCUT2D eigenvalue weighted by Gasteiger charge is 2.36. The molecule has 1 aromatic heterocycles. The molecule has 3 rings (SSSR count). The number of aliphatic hydroxyl groups excluding tert-OH is 1. The van der Waals surface area contributed by atoms with E-state index in [2.05, 4.69) is 4.98 Å². The first-order valence-corrected chi connectivity index (χ1v) is 7.05. The summed E-state index contributed by atoms with van der Waals surface area (Å²) >= 11 is 0. The summed E-state index contributed by atoms with van der Waals surface area (Å²) in [5, 5.41) is 9.90. The third-order valence-electron chi connectivity index (χ3n) is 4.05. The van der Waals surface area contributed by atoms with Crippen molar-refractivity contribution in [3.8, 4) is 0 Å². The molecule has 1 aromatic carbocycles. The lowest BCUT2D eigenvalue weighted by atomic mass is 10.0. The number of hydrogen-bond donors (Lipinski definition) is 2. The zero-order valence-electron chi connectivity index (χ0n) is 12.0. The topological polar surface area (TPSA) is 56.3 Å². The van der Waals surface area contributed by atoms with Gasteiger partial charge >= 0.3 is 0 Å². The first kappa shape index (κ1) is 14.7.